The van der Waals surface area contributed by atoms with Gasteiger partial charge in [0.25, 0.3) is 0 Å². The average Bonchev–Trinajstić information content (AvgIpc) is 3.29. The molecule has 33 heavy (non-hydrogen) atoms. The zero-order valence-corrected chi connectivity index (χ0v) is 19.2. The molecular weight excluding hydrogens is 444 g/mol. The third-order valence-corrected chi connectivity index (χ3v) is 6.19. The standard InChI is InChI=1S/C25H23ClN2O5/c1-30-16-6-7-21(29)17(12-16)19-13-20-18-11-15(26)5-9-22(18)33-25(28(20)27-19)14-4-8-23(31-2)24(10-14)32-3/h4-12,20,25,29H,13H2,1-3H3/t20-,25+/m0/s1. The number of phenols is 1. The van der Waals surface area contributed by atoms with Crippen LogP contribution in [0.2, 0.25) is 5.02 Å². The lowest BCUT2D eigenvalue weighted by Gasteiger charge is -2.38. The van der Waals surface area contributed by atoms with E-state index >= 15 is 0 Å². The second-order valence-corrected chi connectivity index (χ2v) is 8.23. The lowest BCUT2D eigenvalue weighted by Crippen LogP contribution is -2.33. The number of aromatic hydroxyl groups is 1. The van der Waals surface area contributed by atoms with Crippen molar-refractivity contribution < 1.29 is 24.1 Å². The van der Waals surface area contributed by atoms with Gasteiger partial charge in [-0.1, -0.05) is 11.6 Å². The van der Waals surface area contributed by atoms with E-state index in [2.05, 4.69) is 0 Å². The molecule has 1 N–H and O–H groups in total. The van der Waals surface area contributed by atoms with E-state index < -0.39 is 6.23 Å². The van der Waals surface area contributed by atoms with Gasteiger partial charge in [0.15, 0.2) is 11.5 Å². The molecule has 3 aromatic rings. The van der Waals surface area contributed by atoms with Crippen LogP contribution in [-0.2, 0) is 0 Å². The van der Waals surface area contributed by atoms with Crippen molar-refractivity contribution >= 4 is 17.3 Å². The molecule has 5 rings (SSSR count). The Balaban J connectivity index is 1.62. The van der Waals surface area contributed by atoms with Crippen LogP contribution in [0.15, 0.2) is 59.7 Å². The minimum atomic E-state index is -0.506. The molecule has 0 unspecified atom stereocenters. The van der Waals surface area contributed by atoms with Crippen LogP contribution in [-0.4, -0.2) is 37.2 Å². The summed E-state index contributed by atoms with van der Waals surface area (Å²) in [5.74, 6) is 2.76. The second kappa shape index (κ2) is 8.41. The van der Waals surface area contributed by atoms with E-state index in [0.717, 1.165) is 22.6 Å². The molecule has 0 amide bonds. The highest BCUT2D eigenvalue weighted by atomic mass is 35.5. The minimum absolute atomic E-state index is 0.119. The van der Waals surface area contributed by atoms with Gasteiger partial charge in [0.05, 0.1) is 33.1 Å². The van der Waals surface area contributed by atoms with E-state index in [-0.39, 0.29) is 11.8 Å². The Morgan fingerprint density at radius 3 is 2.55 bits per heavy atom. The number of rotatable bonds is 5. The lowest BCUT2D eigenvalue weighted by atomic mass is 9.95. The highest BCUT2D eigenvalue weighted by Gasteiger charge is 2.41. The largest absolute Gasteiger partial charge is 0.507 e. The van der Waals surface area contributed by atoms with E-state index in [0.29, 0.717) is 34.3 Å². The third kappa shape index (κ3) is 3.68. The molecule has 7 nitrogen and oxygen atoms in total. The summed E-state index contributed by atoms with van der Waals surface area (Å²) in [6.45, 7) is 0. The van der Waals surface area contributed by atoms with Crippen molar-refractivity contribution in [1.82, 2.24) is 5.01 Å². The molecule has 0 aromatic heterocycles. The fourth-order valence-electron chi connectivity index (χ4n) is 4.32. The summed E-state index contributed by atoms with van der Waals surface area (Å²) in [7, 11) is 4.79. The maximum Gasteiger partial charge on any atom is 0.214 e. The van der Waals surface area contributed by atoms with Crippen LogP contribution in [0, 0.1) is 0 Å². The van der Waals surface area contributed by atoms with Crippen LogP contribution in [0.3, 0.4) is 0 Å². The van der Waals surface area contributed by atoms with E-state index in [9.17, 15) is 5.11 Å². The molecule has 2 heterocycles. The SMILES string of the molecule is COc1ccc(O)c(C2=NN3[C@@H](c4ccc(OC)c(OC)c4)Oc4ccc(Cl)cc4[C@@H]3C2)c1. The van der Waals surface area contributed by atoms with E-state index in [1.54, 1.807) is 39.5 Å². The molecule has 8 heteroatoms. The Labute approximate surface area is 196 Å². The van der Waals surface area contributed by atoms with Gasteiger partial charge in [-0.15, -0.1) is 0 Å². The number of nitrogens with zero attached hydrogens (tertiary/aromatic N) is 2. The van der Waals surface area contributed by atoms with Crippen molar-refractivity contribution in [2.24, 2.45) is 5.10 Å². The zero-order valence-electron chi connectivity index (χ0n) is 18.4. The van der Waals surface area contributed by atoms with Crippen LogP contribution >= 0.6 is 11.6 Å². The van der Waals surface area contributed by atoms with Gasteiger partial charge in [0.2, 0.25) is 6.23 Å². The van der Waals surface area contributed by atoms with Crippen LogP contribution in [0.1, 0.15) is 35.4 Å². The van der Waals surface area contributed by atoms with Crippen molar-refractivity contribution in [3.05, 3.63) is 76.3 Å². The van der Waals surface area contributed by atoms with Crippen LogP contribution in [0.5, 0.6) is 28.7 Å². The number of hydrazone groups is 1. The minimum Gasteiger partial charge on any atom is -0.507 e. The summed E-state index contributed by atoms with van der Waals surface area (Å²) in [5.41, 5.74) is 3.16. The molecule has 0 bridgehead atoms. The summed E-state index contributed by atoms with van der Waals surface area (Å²) >= 11 is 6.31. The van der Waals surface area contributed by atoms with Crippen molar-refractivity contribution in [2.45, 2.75) is 18.7 Å². The van der Waals surface area contributed by atoms with E-state index in [4.69, 9.17) is 35.6 Å². The van der Waals surface area contributed by atoms with Crippen LogP contribution in [0.4, 0.5) is 0 Å². The Morgan fingerprint density at radius 1 is 0.970 bits per heavy atom. The molecule has 3 aromatic carbocycles. The molecule has 0 fully saturated rings. The van der Waals surface area contributed by atoms with Gasteiger partial charge >= 0.3 is 0 Å². The summed E-state index contributed by atoms with van der Waals surface area (Å²) < 4.78 is 22.6. The molecule has 0 spiro atoms. The number of hydrogen-bond donors (Lipinski definition) is 1. The van der Waals surface area contributed by atoms with E-state index in [1.807, 2.05) is 41.4 Å². The molecular formula is C25H23ClN2O5. The summed E-state index contributed by atoms with van der Waals surface area (Å²) in [5, 5.41) is 18.0. The Kier molecular flexibility index (Phi) is 5.42. The van der Waals surface area contributed by atoms with Crippen molar-refractivity contribution in [3.63, 3.8) is 0 Å². The number of hydrogen-bond acceptors (Lipinski definition) is 7. The number of ether oxygens (including phenoxy) is 4. The smallest absolute Gasteiger partial charge is 0.214 e. The van der Waals surface area contributed by atoms with Gasteiger partial charge in [-0.3, -0.25) is 0 Å². The van der Waals surface area contributed by atoms with Gasteiger partial charge < -0.3 is 24.1 Å². The number of methoxy groups -OCH3 is 3. The van der Waals surface area contributed by atoms with Crippen LogP contribution in [0.25, 0.3) is 0 Å². The zero-order chi connectivity index (χ0) is 23.1. The second-order valence-electron chi connectivity index (χ2n) is 7.80. The first-order valence-corrected chi connectivity index (χ1v) is 10.8. The lowest BCUT2D eigenvalue weighted by molar-refractivity contribution is -0.0191. The third-order valence-electron chi connectivity index (χ3n) is 5.96. The molecule has 2 aliphatic heterocycles. The summed E-state index contributed by atoms with van der Waals surface area (Å²) in [6, 6.07) is 16.3. The molecule has 0 aliphatic carbocycles. The maximum absolute atomic E-state index is 10.5. The van der Waals surface area contributed by atoms with Gasteiger partial charge in [0, 0.05) is 28.1 Å². The normalized spacial score (nSPS) is 18.7. The van der Waals surface area contributed by atoms with Crippen LogP contribution < -0.4 is 18.9 Å². The summed E-state index contributed by atoms with van der Waals surface area (Å²) in [4.78, 5) is 0. The molecule has 0 radical (unpaired) electrons. The Bertz CT molecular complexity index is 1250. The number of phenolic OH excluding ortho intramolecular Hbond substituents is 1. The summed E-state index contributed by atoms with van der Waals surface area (Å²) in [6.07, 6.45) is 0.0649. The number of benzene rings is 3. The van der Waals surface area contributed by atoms with Crippen molar-refractivity contribution in [1.29, 1.82) is 0 Å². The molecule has 0 saturated heterocycles. The van der Waals surface area contributed by atoms with Crippen molar-refractivity contribution in [3.8, 4) is 28.7 Å². The fraction of sp³-hybridized carbons (Fsp3) is 0.240. The Hall–Kier alpha value is -3.58. The predicted octanol–water partition coefficient (Wildman–Crippen LogP) is 5.31. The Morgan fingerprint density at radius 2 is 1.79 bits per heavy atom. The molecule has 170 valence electrons. The molecule has 2 aliphatic rings. The monoisotopic (exact) mass is 466 g/mol. The van der Waals surface area contributed by atoms with Gasteiger partial charge in [-0.25, -0.2) is 5.01 Å². The van der Waals surface area contributed by atoms with Gasteiger partial charge in [-0.05, 0) is 54.6 Å². The van der Waals surface area contributed by atoms with Crippen molar-refractivity contribution in [2.75, 3.05) is 21.3 Å². The first-order valence-electron chi connectivity index (χ1n) is 10.4. The highest BCUT2D eigenvalue weighted by molar-refractivity contribution is 6.30. The fourth-order valence-corrected chi connectivity index (χ4v) is 4.50. The quantitative estimate of drug-likeness (QED) is 0.549. The first-order chi connectivity index (χ1) is 16.0. The topological polar surface area (TPSA) is 72.8 Å². The average molecular weight is 467 g/mol. The maximum atomic E-state index is 10.5. The predicted molar refractivity (Wildman–Crippen MR) is 125 cm³/mol. The molecule has 2 atom stereocenters. The molecule has 0 saturated carbocycles. The first kappa shape index (κ1) is 21.3. The van der Waals surface area contributed by atoms with Gasteiger partial charge in [-0.2, -0.15) is 5.10 Å². The van der Waals surface area contributed by atoms with Gasteiger partial charge in [0.1, 0.15) is 17.2 Å². The number of fused-ring (bicyclic) bond motifs is 3. The van der Waals surface area contributed by atoms with E-state index in [1.165, 1.54) is 0 Å². The number of halogens is 1. The highest BCUT2D eigenvalue weighted by Crippen LogP contribution is 2.49.